The minimum absolute atomic E-state index is 0.0515. The van der Waals surface area contributed by atoms with Gasteiger partial charge in [0.25, 0.3) is 0 Å². The lowest BCUT2D eigenvalue weighted by atomic mass is 10.4. The Morgan fingerprint density at radius 1 is 1.43 bits per heavy atom. The van der Waals surface area contributed by atoms with Gasteiger partial charge in [0.1, 0.15) is 0 Å². The molecule has 6 heteroatoms. The number of amides is 1. The van der Waals surface area contributed by atoms with E-state index in [4.69, 9.17) is 4.74 Å². The van der Waals surface area contributed by atoms with Gasteiger partial charge in [0.15, 0.2) is 0 Å². The van der Waals surface area contributed by atoms with Gasteiger partial charge in [0.2, 0.25) is 0 Å². The van der Waals surface area contributed by atoms with Crippen molar-refractivity contribution in [1.29, 1.82) is 0 Å². The third-order valence-corrected chi connectivity index (χ3v) is 1.47. The highest BCUT2D eigenvalue weighted by Gasteiger charge is 2.40. The van der Waals surface area contributed by atoms with E-state index >= 15 is 0 Å². The molecule has 0 radical (unpaired) electrons. The maximum absolute atomic E-state index is 11.9. The summed E-state index contributed by atoms with van der Waals surface area (Å²) >= 11 is 0. The molecule has 0 rings (SSSR count). The lowest BCUT2D eigenvalue weighted by molar-refractivity contribution is -0.184. The molecule has 1 amide bonds. The van der Waals surface area contributed by atoms with Crippen LogP contribution in [0.15, 0.2) is 0 Å². The average molecular weight is 213 g/mol. The fraction of sp³-hybridized carbons (Fsp3) is 0.875. The van der Waals surface area contributed by atoms with E-state index in [0.717, 1.165) is 7.05 Å². The van der Waals surface area contributed by atoms with Crippen LogP contribution in [-0.4, -0.2) is 43.3 Å². The number of carbonyl (C=O) groups is 1. The van der Waals surface area contributed by atoms with E-state index in [1.165, 1.54) is 0 Å². The molecular weight excluding hydrogens is 199 g/mol. The van der Waals surface area contributed by atoms with Gasteiger partial charge >= 0.3 is 12.1 Å². The van der Waals surface area contributed by atoms with E-state index in [1.54, 1.807) is 13.8 Å². The molecule has 0 heterocycles. The Labute approximate surface area is 80.8 Å². The zero-order valence-electron chi connectivity index (χ0n) is 8.39. The second-order valence-corrected chi connectivity index (χ2v) is 3.14. The van der Waals surface area contributed by atoms with Gasteiger partial charge in [-0.15, -0.1) is 0 Å². The Kier molecular flexibility index (Phi) is 4.90. The lowest BCUT2D eigenvalue weighted by Crippen LogP contribution is -2.40. The molecular formula is C8H14F3NO2. The fourth-order valence-corrected chi connectivity index (χ4v) is 0.743. The molecule has 0 aliphatic rings. The third kappa shape index (κ3) is 5.06. The normalized spacial score (nSPS) is 11.9. The van der Waals surface area contributed by atoms with Crippen molar-refractivity contribution in [3.63, 3.8) is 0 Å². The molecule has 0 bridgehead atoms. The van der Waals surface area contributed by atoms with Crippen molar-refractivity contribution in [3.8, 4) is 0 Å². The minimum atomic E-state index is -4.80. The number of halogens is 3. The molecule has 0 aromatic rings. The summed E-state index contributed by atoms with van der Waals surface area (Å²) in [4.78, 5) is 11.2. The summed E-state index contributed by atoms with van der Waals surface area (Å²) in [6, 6.07) is 0. The summed E-state index contributed by atoms with van der Waals surface area (Å²) in [5, 5.41) is 0. The van der Waals surface area contributed by atoms with Crippen molar-refractivity contribution in [1.82, 2.24) is 4.90 Å². The highest BCUT2D eigenvalue weighted by Crippen LogP contribution is 2.17. The summed E-state index contributed by atoms with van der Waals surface area (Å²) < 4.78 is 40.6. The maximum Gasteiger partial charge on any atom is 0.471 e. The standard InChI is InChI=1S/C8H14F3NO2/c1-6(2)14-5-4-12(3)7(13)8(9,10)11/h6H,4-5H2,1-3H3. The number of hydrogen-bond donors (Lipinski definition) is 0. The van der Waals surface area contributed by atoms with Crippen LogP contribution in [0.3, 0.4) is 0 Å². The van der Waals surface area contributed by atoms with E-state index in [1.807, 2.05) is 0 Å². The third-order valence-electron chi connectivity index (χ3n) is 1.47. The zero-order valence-corrected chi connectivity index (χ0v) is 8.39. The second kappa shape index (κ2) is 5.19. The molecule has 0 atom stereocenters. The number of nitrogens with zero attached hydrogens (tertiary/aromatic N) is 1. The molecule has 0 saturated heterocycles. The summed E-state index contributed by atoms with van der Waals surface area (Å²) in [5.41, 5.74) is 0. The Balaban J connectivity index is 3.86. The van der Waals surface area contributed by atoms with E-state index in [9.17, 15) is 18.0 Å². The number of alkyl halides is 3. The van der Waals surface area contributed by atoms with E-state index < -0.39 is 12.1 Å². The van der Waals surface area contributed by atoms with Gasteiger partial charge in [-0.1, -0.05) is 0 Å². The van der Waals surface area contributed by atoms with Gasteiger partial charge < -0.3 is 9.64 Å². The Morgan fingerprint density at radius 3 is 2.29 bits per heavy atom. The van der Waals surface area contributed by atoms with Crippen molar-refractivity contribution in [2.24, 2.45) is 0 Å². The molecule has 84 valence electrons. The highest BCUT2D eigenvalue weighted by molar-refractivity contribution is 5.81. The highest BCUT2D eigenvalue weighted by atomic mass is 19.4. The first kappa shape index (κ1) is 13.2. The molecule has 0 aromatic heterocycles. The molecule has 3 nitrogen and oxygen atoms in total. The topological polar surface area (TPSA) is 29.5 Å². The summed E-state index contributed by atoms with van der Waals surface area (Å²) in [6.07, 6.45) is -4.85. The molecule has 0 saturated carbocycles. The zero-order chi connectivity index (χ0) is 11.4. The van der Waals surface area contributed by atoms with Gasteiger partial charge in [-0.3, -0.25) is 4.79 Å². The number of hydrogen-bond acceptors (Lipinski definition) is 2. The van der Waals surface area contributed by atoms with E-state index in [-0.39, 0.29) is 19.3 Å². The number of rotatable bonds is 4. The SMILES string of the molecule is CC(C)OCCN(C)C(=O)C(F)(F)F. The van der Waals surface area contributed by atoms with Gasteiger partial charge in [0, 0.05) is 13.6 Å². The number of ether oxygens (including phenoxy) is 1. The Bertz CT molecular complexity index is 192. The van der Waals surface area contributed by atoms with Crippen molar-refractivity contribution < 1.29 is 22.7 Å². The first-order valence-electron chi connectivity index (χ1n) is 4.19. The van der Waals surface area contributed by atoms with E-state index in [0.29, 0.717) is 4.90 Å². The van der Waals surface area contributed by atoms with Crippen LogP contribution in [0.1, 0.15) is 13.8 Å². The first-order chi connectivity index (χ1) is 6.25. The largest absolute Gasteiger partial charge is 0.471 e. The van der Waals surface area contributed by atoms with Crippen molar-refractivity contribution in [3.05, 3.63) is 0 Å². The predicted molar refractivity (Wildman–Crippen MR) is 44.8 cm³/mol. The average Bonchev–Trinajstić information content (AvgIpc) is 2.00. The van der Waals surface area contributed by atoms with Crippen LogP contribution in [0.4, 0.5) is 13.2 Å². The molecule has 0 spiro atoms. The maximum atomic E-state index is 11.9. The van der Waals surface area contributed by atoms with Crippen molar-refractivity contribution in [2.45, 2.75) is 26.1 Å². The summed E-state index contributed by atoms with van der Waals surface area (Å²) in [7, 11) is 1.10. The van der Waals surface area contributed by atoms with Crippen LogP contribution in [0, 0.1) is 0 Å². The summed E-state index contributed by atoms with van der Waals surface area (Å²) in [5.74, 6) is -1.84. The molecule has 0 N–H and O–H groups in total. The van der Waals surface area contributed by atoms with Gasteiger partial charge in [-0.05, 0) is 13.8 Å². The monoisotopic (exact) mass is 213 g/mol. The number of likely N-dealkylation sites (N-methyl/N-ethyl adjacent to an activating group) is 1. The quantitative estimate of drug-likeness (QED) is 0.707. The predicted octanol–water partition coefficient (Wildman–Crippen LogP) is 1.43. The molecule has 0 aliphatic heterocycles. The van der Waals surface area contributed by atoms with Crippen LogP contribution in [0.25, 0.3) is 0 Å². The first-order valence-corrected chi connectivity index (χ1v) is 4.19. The van der Waals surface area contributed by atoms with Crippen molar-refractivity contribution >= 4 is 5.91 Å². The van der Waals surface area contributed by atoms with Crippen LogP contribution >= 0.6 is 0 Å². The van der Waals surface area contributed by atoms with Crippen LogP contribution in [0.5, 0.6) is 0 Å². The molecule has 0 aromatic carbocycles. The Morgan fingerprint density at radius 2 is 1.93 bits per heavy atom. The molecule has 14 heavy (non-hydrogen) atoms. The Hall–Kier alpha value is -0.780. The molecule has 0 fully saturated rings. The van der Waals surface area contributed by atoms with Gasteiger partial charge in [0.05, 0.1) is 12.7 Å². The van der Waals surface area contributed by atoms with Crippen LogP contribution < -0.4 is 0 Å². The second-order valence-electron chi connectivity index (χ2n) is 3.14. The van der Waals surface area contributed by atoms with Crippen LogP contribution in [0.2, 0.25) is 0 Å². The van der Waals surface area contributed by atoms with Crippen molar-refractivity contribution in [2.75, 3.05) is 20.2 Å². The summed E-state index contributed by atoms with van der Waals surface area (Å²) in [6.45, 7) is 3.59. The number of carbonyl (C=O) groups excluding carboxylic acids is 1. The molecule has 0 aliphatic carbocycles. The van der Waals surface area contributed by atoms with Gasteiger partial charge in [-0.25, -0.2) is 0 Å². The van der Waals surface area contributed by atoms with E-state index in [2.05, 4.69) is 0 Å². The smallest absolute Gasteiger partial charge is 0.377 e. The fourth-order valence-electron chi connectivity index (χ4n) is 0.743. The minimum Gasteiger partial charge on any atom is -0.377 e. The lowest BCUT2D eigenvalue weighted by Gasteiger charge is -2.19. The molecule has 0 unspecified atom stereocenters. The van der Waals surface area contributed by atoms with Gasteiger partial charge in [-0.2, -0.15) is 13.2 Å². The van der Waals surface area contributed by atoms with Crippen LogP contribution in [-0.2, 0) is 9.53 Å².